The van der Waals surface area contributed by atoms with Crippen LogP contribution in [0.25, 0.3) is 0 Å². The Morgan fingerprint density at radius 1 is 1.19 bits per heavy atom. The fourth-order valence-corrected chi connectivity index (χ4v) is 5.15. The minimum atomic E-state index is -1.63. The molecule has 1 N–H and O–H groups in total. The van der Waals surface area contributed by atoms with Gasteiger partial charge in [-0.1, -0.05) is 59.6 Å². The maximum absolute atomic E-state index is 10.9. The molecule has 0 radical (unpaired) electrons. The molecule has 3 heteroatoms. The van der Waals surface area contributed by atoms with Crippen molar-refractivity contribution in [2.45, 2.75) is 105 Å². The summed E-state index contributed by atoms with van der Waals surface area (Å²) < 4.78 is 6.28. The predicted molar refractivity (Wildman–Crippen MR) is 117 cm³/mol. The summed E-state index contributed by atoms with van der Waals surface area (Å²) in [6.45, 7) is 21.5. The first-order valence-electron chi connectivity index (χ1n) is 10.8. The van der Waals surface area contributed by atoms with Gasteiger partial charge in [-0.15, -0.1) is 0 Å². The molecular formula is C23H46O2Si. The molecule has 1 saturated carbocycles. The lowest BCUT2D eigenvalue weighted by Crippen LogP contribution is -2.40. The Balaban J connectivity index is 2.52. The molecule has 1 rings (SSSR count). The second-order valence-electron chi connectivity index (χ2n) is 10.7. The number of hydrogen-bond acceptors (Lipinski definition) is 2. The van der Waals surface area contributed by atoms with Crippen LogP contribution in [0.15, 0.2) is 11.6 Å². The summed E-state index contributed by atoms with van der Waals surface area (Å²) in [6.07, 6.45) is 7.70. The van der Waals surface area contributed by atoms with Crippen molar-refractivity contribution in [2.75, 3.05) is 6.61 Å². The van der Waals surface area contributed by atoms with Gasteiger partial charge in [-0.05, 0) is 74.4 Å². The molecule has 1 aliphatic carbocycles. The predicted octanol–water partition coefficient (Wildman–Crippen LogP) is 6.80. The van der Waals surface area contributed by atoms with E-state index in [1.807, 2.05) is 0 Å². The average Bonchev–Trinajstić information content (AvgIpc) is 2.50. The van der Waals surface area contributed by atoms with Crippen molar-refractivity contribution in [1.29, 1.82) is 0 Å². The van der Waals surface area contributed by atoms with Gasteiger partial charge in [-0.3, -0.25) is 0 Å². The van der Waals surface area contributed by atoms with Crippen LogP contribution in [0, 0.1) is 23.7 Å². The van der Waals surface area contributed by atoms with E-state index in [4.69, 9.17) is 4.43 Å². The summed E-state index contributed by atoms with van der Waals surface area (Å²) >= 11 is 0. The van der Waals surface area contributed by atoms with Gasteiger partial charge in [0.2, 0.25) is 0 Å². The third kappa shape index (κ3) is 7.13. The Morgan fingerprint density at radius 3 is 2.35 bits per heavy atom. The van der Waals surface area contributed by atoms with E-state index in [9.17, 15) is 5.11 Å². The molecule has 0 saturated heterocycles. The lowest BCUT2D eigenvalue weighted by atomic mass is 9.68. The summed E-state index contributed by atoms with van der Waals surface area (Å²) in [5.41, 5.74) is 1.32. The fourth-order valence-electron chi connectivity index (χ4n) is 4.06. The minimum Gasteiger partial charge on any atom is -0.417 e. The highest BCUT2D eigenvalue weighted by Gasteiger charge is 2.37. The molecule has 0 heterocycles. The summed E-state index contributed by atoms with van der Waals surface area (Å²) in [5, 5.41) is 11.1. The van der Waals surface area contributed by atoms with Crippen molar-refractivity contribution >= 4 is 8.32 Å². The van der Waals surface area contributed by atoms with E-state index >= 15 is 0 Å². The molecule has 0 aromatic rings. The van der Waals surface area contributed by atoms with Crippen LogP contribution in [0.5, 0.6) is 0 Å². The molecule has 154 valence electrons. The lowest BCUT2D eigenvalue weighted by molar-refractivity contribution is 0.0422. The Bertz CT molecular complexity index is 448. The molecule has 26 heavy (non-hydrogen) atoms. The monoisotopic (exact) mass is 382 g/mol. The van der Waals surface area contributed by atoms with Crippen LogP contribution in [-0.4, -0.2) is 26.1 Å². The van der Waals surface area contributed by atoms with Crippen molar-refractivity contribution in [3.63, 3.8) is 0 Å². The quantitative estimate of drug-likeness (QED) is 0.284. The van der Waals surface area contributed by atoms with Crippen LogP contribution in [0.2, 0.25) is 18.1 Å². The van der Waals surface area contributed by atoms with Crippen LogP contribution in [0.4, 0.5) is 0 Å². The Morgan fingerprint density at radius 2 is 1.81 bits per heavy atom. The van der Waals surface area contributed by atoms with E-state index in [1.54, 1.807) is 0 Å². The number of hydrogen-bond donors (Lipinski definition) is 1. The Kier molecular flexibility index (Phi) is 9.09. The summed E-state index contributed by atoms with van der Waals surface area (Å²) in [6, 6.07) is 0. The van der Waals surface area contributed by atoms with Crippen molar-refractivity contribution in [1.82, 2.24) is 0 Å². The average molecular weight is 383 g/mol. The maximum atomic E-state index is 10.9. The smallest absolute Gasteiger partial charge is 0.191 e. The second-order valence-corrected chi connectivity index (χ2v) is 15.5. The van der Waals surface area contributed by atoms with Gasteiger partial charge in [-0.2, -0.15) is 0 Å². The zero-order valence-electron chi connectivity index (χ0n) is 19.1. The van der Waals surface area contributed by atoms with Gasteiger partial charge in [0, 0.05) is 6.61 Å². The molecule has 0 bridgehead atoms. The van der Waals surface area contributed by atoms with Crippen molar-refractivity contribution < 1.29 is 9.53 Å². The van der Waals surface area contributed by atoms with Gasteiger partial charge in [0.1, 0.15) is 0 Å². The standard InChI is InChI=1S/C23H46O2Si/c1-17(2)20-13-12-19(4)15-21(20)22(24)16-18(3)11-10-14-25-26(8,9)23(5,6)7/h16-17,19-22,24H,10-15H2,1-9H3/b18-16+/t19-,20+,21-,22+/m1/s1. The van der Waals surface area contributed by atoms with E-state index in [0.29, 0.717) is 17.8 Å². The summed E-state index contributed by atoms with van der Waals surface area (Å²) in [7, 11) is -1.63. The van der Waals surface area contributed by atoms with E-state index < -0.39 is 8.32 Å². The Labute approximate surface area is 164 Å². The van der Waals surface area contributed by atoms with Gasteiger partial charge in [0.05, 0.1) is 6.10 Å². The fraction of sp³-hybridized carbons (Fsp3) is 0.913. The molecule has 0 aromatic heterocycles. The minimum absolute atomic E-state index is 0.275. The molecule has 0 amide bonds. The van der Waals surface area contributed by atoms with Gasteiger partial charge in [0.25, 0.3) is 0 Å². The van der Waals surface area contributed by atoms with Gasteiger partial charge in [-0.25, -0.2) is 0 Å². The van der Waals surface area contributed by atoms with E-state index in [2.05, 4.69) is 67.6 Å². The lowest BCUT2D eigenvalue weighted by Gasteiger charge is -2.39. The topological polar surface area (TPSA) is 29.5 Å². The maximum Gasteiger partial charge on any atom is 0.191 e. The van der Waals surface area contributed by atoms with Gasteiger partial charge in [0.15, 0.2) is 8.32 Å². The number of rotatable bonds is 8. The largest absolute Gasteiger partial charge is 0.417 e. The first kappa shape index (κ1) is 23.9. The zero-order chi connectivity index (χ0) is 20.1. The van der Waals surface area contributed by atoms with Crippen LogP contribution >= 0.6 is 0 Å². The van der Waals surface area contributed by atoms with Crippen LogP contribution < -0.4 is 0 Å². The second kappa shape index (κ2) is 9.89. The third-order valence-electron chi connectivity index (χ3n) is 6.95. The summed E-state index contributed by atoms with van der Waals surface area (Å²) in [5.74, 6) is 2.49. The molecule has 2 nitrogen and oxygen atoms in total. The van der Waals surface area contributed by atoms with Crippen LogP contribution in [0.1, 0.15) is 80.6 Å². The highest BCUT2D eigenvalue weighted by Crippen LogP contribution is 2.40. The van der Waals surface area contributed by atoms with Crippen LogP contribution in [0.3, 0.4) is 0 Å². The molecule has 1 fully saturated rings. The zero-order valence-corrected chi connectivity index (χ0v) is 20.1. The highest BCUT2D eigenvalue weighted by molar-refractivity contribution is 6.74. The molecule has 0 spiro atoms. The number of allylic oxidation sites excluding steroid dienone is 1. The SMILES string of the molecule is C/C(=C\[C@H](O)[C@@H]1C[C@H](C)CC[C@H]1C(C)C)CCCO[Si](C)(C)C(C)(C)C. The molecule has 1 aliphatic rings. The van der Waals surface area contributed by atoms with Crippen LogP contribution in [-0.2, 0) is 4.43 Å². The number of aliphatic hydroxyl groups is 1. The van der Waals surface area contributed by atoms with Gasteiger partial charge < -0.3 is 9.53 Å². The first-order valence-corrected chi connectivity index (χ1v) is 13.7. The first-order chi connectivity index (χ1) is 11.8. The highest BCUT2D eigenvalue weighted by atomic mass is 28.4. The van der Waals surface area contributed by atoms with Crippen molar-refractivity contribution in [3.8, 4) is 0 Å². The Hall–Kier alpha value is -0.123. The molecule has 4 atom stereocenters. The van der Waals surface area contributed by atoms with E-state index in [0.717, 1.165) is 25.4 Å². The van der Waals surface area contributed by atoms with Gasteiger partial charge >= 0.3 is 0 Å². The van der Waals surface area contributed by atoms with E-state index in [1.165, 1.54) is 24.8 Å². The van der Waals surface area contributed by atoms with Crippen molar-refractivity contribution in [2.24, 2.45) is 23.7 Å². The molecule has 0 unspecified atom stereocenters. The van der Waals surface area contributed by atoms with Crippen molar-refractivity contribution in [3.05, 3.63) is 11.6 Å². The molecule has 0 aliphatic heterocycles. The van der Waals surface area contributed by atoms with E-state index in [-0.39, 0.29) is 11.1 Å². The normalized spacial score (nSPS) is 27.0. The summed E-state index contributed by atoms with van der Waals surface area (Å²) in [4.78, 5) is 0. The molecular weight excluding hydrogens is 336 g/mol. The third-order valence-corrected chi connectivity index (χ3v) is 11.5. The molecule has 0 aromatic carbocycles. The number of aliphatic hydroxyl groups excluding tert-OH is 1.